The van der Waals surface area contributed by atoms with Crippen molar-refractivity contribution in [3.8, 4) is 0 Å². The second kappa shape index (κ2) is 5.70. The molecule has 0 amide bonds. The fraction of sp³-hybridized carbons (Fsp3) is 0.333. The van der Waals surface area contributed by atoms with Crippen molar-refractivity contribution in [1.82, 2.24) is 5.32 Å². The maximum absolute atomic E-state index is 13.2. The predicted octanol–water partition coefficient (Wildman–Crippen LogP) is 3.16. The molecule has 0 saturated carbocycles. The third-order valence-electron chi connectivity index (χ3n) is 2.06. The van der Waals surface area contributed by atoms with Gasteiger partial charge in [-0.1, -0.05) is 11.6 Å². The van der Waals surface area contributed by atoms with Gasteiger partial charge in [0.2, 0.25) is 0 Å². The van der Waals surface area contributed by atoms with Crippen LogP contribution in [0.1, 0.15) is 19.4 Å². The maximum Gasteiger partial charge on any atom is 0.161 e. The summed E-state index contributed by atoms with van der Waals surface area (Å²) in [7, 11) is 0. The standard InChI is InChI=1S/C12H14F3N/c1-8(2)3-4-16-7-9-5-11(14)12(15)6-10(9)13/h3,5-6,16H,4,7H2,1-2H3. The van der Waals surface area contributed by atoms with Crippen LogP contribution in [-0.2, 0) is 6.54 Å². The van der Waals surface area contributed by atoms with Gasteiger partial charge < -0.3 is 5.32 Å². The number of halogens is 3. The van der Waals surface area contributed by atoms with Gasteiger partial charge in [0, 0.05) is 24.7 Å². The summed E-state index contributed by atoms with van der Waals surface area (Å²) < 4.78 is 38.6. The monoisotopic (exact) mass is 229 g/mol. The van der Waals surface area contributed by atoms with Gasteiger partial charge in [0.05, 0.1) is 0 Å². The largest absolute Gasteiger partial charge is 0.309 e. The van der Waals surface area contributed by atoms with Gasteiger partial charge in [-0.2, -0.15) is 0 Å². The molecule has 0 aliphatic rings. The van der Waals surface area contributed by atoms with Gasteiger partial charge in [-0.25, -0.2) is 13.2 Å². The van der Waals surface area contributed by atoms with Crippen LogP contribution in [0.3, 0.4) is 0 Å². The molecule has 0 heterocycles. The summed E-state index contributed by atoms with van der Waals surface area (Å²) in [6, 6.07) is 1.44. The average molecular weight is 229 g/mol. The van der Waals surface area contributed by atoms with Crippen LogP contribution in [0, 0.1) is 17.5 Å². The van der Waals surface area contributed by atoms with E-state index in [9.17, 15) is 13.2 Å². The normalized spacial score (nSPS) is 10.3. The van der Waals surface area contributed by atoms with Crippen molar-refractivity contribution in [1.29, 1.82) is 0 Å². The van der Waals surface area contributed by atoms with Crippen molar-refractivity contribution in [2.75, 3.05) is 6.54 Å². The molecular weight excluding hydrogens is 215 g/mol. The van der Waals surface area contributed by atoms with Crippen molar-refractivity contribution < 1.29 is 13.2 Å². The Morgan fingerprint density at radius 2 is 1.75 bits per heavy atom. The molecule has 16 heavy (non-hydrogen) atoms. The van der Waals surface area contributed by atoms with E-state index in [-0.39, 0.29) is 12.1 Å². The minimum Gasteiger partial charge on any atom is -0.309 e. The maximum atomic E-state index is 13.2. The molecule has 4 heteroatoms. The molecule has 1 rings (SSSR count). The summed E-state index contributed by atoms with van der Waals surface area (Å²) in [5, 5.41) is 2.92. The second-order valence-electron chi connectivity index (χ2n) is 3.77. The topological polar surface area (TPSA) is 12.0 Å². The summed E-state index contributed by atoms with van der Waals surface area (Å²) in [4.78, 5) is 0. The number of rotatable bonds is 4. The molecule has 0 atom stereocenters. The van der Waals surface area contributed by atoms with Crippen LogP contribution in [-0.4, -0.2) is 6.54 Å². The van der Waals surface area contributed by atoms with Gasteiger partial charge >= 0.3 is 0 Å². The van der Waals surface area contributed by atoms with Gasteiger partial charge in [0.1, 0.15) is 5.82 Å². The van der Waals surface area contributed by atoms with Crippen molar-refractivity contribution in [2.24, 2.45) is 0 Å². The Bertz CT molecular complexity index is 395. The van der Waals surface area contributed by atoms with E-state index in [0.29, 0.717) is 12.6 Å². The molecule has 0 bridgehead atoms. The van der Waals surface area contributed by atoms with Gasteiger partial charge in [-0.05, 0) is 19.9 Å². The van der Waals surface area contributed by atoms with Crippen LogP contribution in [0.2, 0.25) is 0 Å². The Labute approximate surface area is 93.0 Å². The summed E-state index contributed by atoms with van der Waals surface area (Å²) in [6.45, 7) is 4.63. The molecule has 0 aromatic heterocycles. The Hall–Kier alpha value is -1.29. The van der Waals surface area contributed by atoms with Crippen LogP contribution in [0.5, 0.6) is 0 Å². The fourth-order valence-electron chi connectivity index (χ4n) is 1.18. The number of allylic oxidation sites excluding steroid dienone is 1. The lowest BCUT2D eigenvalue weighted by atomic mass is 10.2. The van der Waals surface area contributed by atoms with E-state index in [1.165, 1.54) is 0 Å². The molecule has 1 aromatic carbocycles. The first-order chi connectivity index (χ1) is 7.50. The summed E-state index contributed by atoms with van der Waals surface area (Å²) >= 11 is 0. The van der Waals surface area contributed by atoms with Gasteiger partial charge in [-0.3, -0.25) is 0 Å². The number of benzene rings is 1. The first-order valence-corrected chi connectivity index (χ1v) is 4.98. The summed E-state index contributed by atoms with van der Waals surface area (Å²) in [5.41, 5.74) is 1.26. The van der Waals surface area contributed by atoms with E-state index < -0.39 is 17.5 Å². The van der Waals surface area contributed by atoms with E-state index >= 15 is 0 Å². The third-order valence-corrected chi connectivity index (χ3v) is 2.06. The highest BCUT2D eigenvalue weighted by molar-refractivity contribution is 5.20. The highest BCUT2D eigenvalue weighted by atomic mass is 19.2. The van der Waals surface area contributed by atoms with Crippen LogP contribution in [0.25, 0.3) is 0 Å². The zero-order chi connectivity index (χ0) is 12.1. The molecule has 0 aliphatic carbocycles. The highest BCUT2D eigenvalue weighted by Gasteiger charge is 2.08. The van der Waals surface area contributed by atoms with Crippen LogP contribution in [0.4, 0.5) is 13.2 Å². The van der Waals surface area contributed by atoms with Crippen molar-refractivity contribution >= 4 is 0 Å². The first kappa shape index (κ1) is 12.8. The minimum absolute atomic E-state index is 0.126. The Morgan fingerprint density at radius 3 is 2.38 bits per heavy atom. The Balaban J connectivity index is 2.61. The Morgan fingerprint density at radius 1 is 1.12 bits per heavy atom. The molecule has 0 spiro atoms. The number of hydrogen-bond acceptors (Lipinski definition) is 1. The molecule has 0 fully saturated rings. The zero-order valence-corrected chi connectivity index (χ0v) is 9.28. The molecule has 0 radical (unpaired) electrons. The highest BCUT2D eigenvalue weighted by Crippen LogP contribution is 2.13. The molecule has 88 valence electrons. The SMILES string of the molecule is CC(C)=CCNCc1cc(F)c(F)cc1F. The predicted molar refractivity (Wildman–Crippen MR) is 57.5 cm³/mol. The van der Waals surface area contributed by atoms with Gasteiger partial charge in [0.25, 0.3) is 0 Å². The molecule has 0 aliphatic heterocycles. The molecule has 0 unspecified atom stereocenters. The Kier molecular flexibility index (Phi) is 4.55. The van der Waals surface area contributed by atoms with Crippen LogP contribution >= 0.6 is 0 Å². The molecule has 1 aromatic rings. The smallest absolute Gasteiger partial charge is 0.161 e. The average Bonchev–Trinajstić information content (AvgIpc) is 2.19. The van der Waals surface area contributed by atoms with E-state index in [1.807, 2.05) is 19.9 Å². The molecule has 1 nitrogen and oxygen atoms in total. The summed E-state index contributed by atoms with van der Waals surface area (Å²) in [5.74, 6) is -2.92. The zero-order valence-electron chi connectivity index (χ0n) is 9.28. The fourth-order valence-corrected chi connectivity index (χ4v) is 1.18. The van der Waals surface area contributed by atoms with Crippen molar-refractivity contribution in [3.63, 3.8) is 0 Å². The molecule has 1 N–H and O–H groups in total. The quantitative estimate of drug-likeness (QED) is 0.475. The van der Waals surface area contributed by atoms with E-state index in [4.69, 9.17) is 0 Å². The number of hydrogen-bond donors (Lipinski definition) is 1. The van der Waals surface area contributed by atoms with Crippen LogP contribution in [0.15, 0.2) is 23.8 Å². The summed E-state index contributed by atoms with van der Waals surface area (Å²) in [6.07, 6.45) is 1.93. The lowest BCUT2D eigenvalue weighted by Gasteiger charge is -2.05. The lowest BCUT2D eigenvalue weighted by Crippen LogP contribution is -2.14. The van der Waals surface area contributed by atoms with Gasteiger partial charge in [-0.15, -0.1) is 0 Å². The van der Waals surface area contributed by atoms with E-state index in [2.05, 4.69) is 5.32 Å². The molecule has 0 saturated heterocycles. The minimum atomic E-state index is -1.16. The van der Waals surface area contributed by atoms with Crippen molar-refractivity contribution in [2.45, 2.75) is 20.4 Å². The van der Waals surface area contributed by atoms with Crippen molar-refractivity contribution in [3.05, 3.63) is 46.8 Å². The van der Waals surface area contributed by atoms with E-state index in [1.54, 1.807) is 0 Å². The van der Waals surface area contributed by atoms with Crippen LogP contribution < -0.4 is 5.32 Å². The lowest BCUT2D eigenvalue weighted by molar-refractivity contribution is 0.488. The van der Waals surface area contributed by atoms with Gasteiger partial charge in [0.15, 0.2) is 11.6 Å². The number of nitrogens with one attached hydrogen (secondary N) is 1. The third kappa shape index (κ3) is 3.70. The second-order valence-corrected chi connectivity index (χ2v) is 3.77. The first-order valence-electron chi connectivity index (χ1n) is 4.98. The molecular formula is C12H14F3N. The van der Waals surface area contributed by atoms with E-state index in [0.717, 1.165) is 11.6 Å².